The van der Waals surface area contributed by atoms with Crippen LogP contribution in [0.15, 0.2) is 192 Å². The number of allylic oxidation sites excluding steroid dienone is 2. The van der Waals surface area contributed by atoms with E-state index in [9.17, 15) is 0 Å². The van der Waals surface area contributed by atoms with Crippen LogP contribution in [0.2, 0.25) is 0 Å². The number of nitrogens with zero attached hydrogens (tertiary/aromatic N) is 3. The van der Waals surface area contributed by atoms with Gasteiger partial charge < -0.3 is 10.2 Å². The number of nitrogens with one attached hydrogen (secondary N) is 1. The third kappa shape index (κ3) is 5.25. The van der Waals surface area contributed by atoms with E-state index in [2.05, 4.69) is 168 Å². The highest BCUT2D eigenvalue weighted by Gasteiger charge is 2.38. The van der Waals surface area contributed by atoms with E-state index in [1.165, 1.54) is 68.4 Å². The zero-order valence-electron chi connectivity index (χ0n) is 30.7. The molecule has 7 aromatic carbocycles. The van der Waals surface area contributed by atoms with Crippen LogP contribution in [0.1, 0.15) is 34.3 Å². The average molecular weight is 767 g/mol. The number of amidine groups is 2. The first-order valence-corrected chi connectivity index (χ1v) is 21.1. The first kappa shape index (κ1) is 32.6. The molecule has 12 rings (SSSR count). The van der Waals surface area contributed by atoms with E-state index in [1.807, 2.05) is 46.9 Å². The van der Waals surface area contributed by atoms with Crippen molar-refractivity contribution in [2.24, 2.45) is 9.98 Å². The maximum atomic E-state index is 5.12. The molecule has 2 aromatic heterocycles. The molecule has 57 heavy (non-hydrogen) atoms. The molecule has 4 nitrogen and oxygen atoms in total. The summed E-state index contributed by atoms with van der Waals surface area (Å²) in [5.41, 5.74) is 9.59. The molecule has 4 heterocycles. The highest BCUT2D eigenvalue weighted by Crippen LogP contribution is 2.52. The van der Waals surface area contributed by atoms with Crippen LogP contribution in [0.5, 0.6) is 0 Å². The molecule has 1 aliphatic carbocycles. The number of fused-ring (bicyclic) bond motifs is 9. The molecule has 0 spiro atoms. The third-order valence-corrected chi connectivity index (χ3v) is 13.9. The topological polar surface area (TPSA) is 40.0 Å². The maximum absolute atomic E-state index is 5.12. The summed E-state index contributed by atoms with van der Waals surface area (Å²) in [6.45, 7) is 0. The van der Waals surface area contributed by atoms with E-state index in [4.69, 9.17) is 9.98 Å². The number of rotatable bonds is 5. The van der Waals surface area contributed by atoms with Gasteiger partial charge in [-0.1, -0.05) is 127 Å². The zero-order chi connectivity index (χ0) is 37.5. The molecule has 3 aliphatic rings. The van der Waals surface area contributed by atoms with Crippen LogP contribution in [0.25, 0.3) is 51.5 Å². The van der Waals surface area contributed by atoms with Gasteiger partial charge >= 0.3 is 0 Å². The van der Waals surface area contributed by atoms with Gasteiger partial charge in [0.25, 0.3) is 0 Å². The number of anilines is 2. The lowest BCUT2D eigenvalue weighted by Gasteiger charge is -2.29. The molecule has 0 saturated carbocycles. The van der Waals surface area contributed by atoms with Crippen molar-refractivity contribution in [2.75, 3.05) is 4.90 Å². The van der Waals surface area contributed by atoms with E-state index in [0.29, 0.717) is 5.92 Å². The Morgan fingerprint density at radius 1 is 0.526 bits per heavy atom. The summed E-state index contributed by atoms with van der Waals surface area (Å²) in [6, 6.07) is 57.3. The van der Waals surface area contributed by atoms with E-state index in [-0.39, 0.29) is 12.2 Å². The fourth-order valence-corrected chi connectivity index (χ4v) is 11.3. The van der Waals surface area contributed by atoms with Gasteiger partial charge in [0.1, 0.15) is 12.0 Å². The number of para-hydroxylation sites is 1. The van der Waals surface area contributed by atoms with E-state index in [0.717, 1.165) is 28.4 Å². The molecule has 6 heteroatoms. The number of benzene rings is 7. The minimum atomic E-state index is -0.244. The van der Waals surface area contributed by atoms with Gasteiger partial charge in [-0.3, -0.25) is 0 Å². The van der Waals surface area contributed by atoms with Crippen molar-refractivity contribution in [1.82, 2.24) is 5.32 Å². The Morgan fingerprint density at radius 2 is 1.19 bits per heavy atom. The van der Waals surface area contributed by atoms with Crippen LogP contribution >= 0.6 is 22.7 Å². The number of aliphatic imine (C=N–C) groups is 2. The van der Waals surface area contributed by atoms with Gasteiger partial charge in [0.2, 0.25) is 0 Å². The second kappa shape index (κ2) is 13.0. The maximum Gasteiger partial charge on any atom is 0.159 e. The second-order valence-electron chi connectivity index (χ2n) is 14.9. The number of hydrogen-bond donors (Lipinski definition) is 1. The Morgan fingerprint density at radius 3 is 2.04 bits per heavy atom. The summed E-state index contributed by atoms with van der Waals surface area (Å²) in [5, 5.41) is 8.81. The molecule has 9 aromatic rings. The fourth-order valence-electron chi connectivity index (χ4n) is 9.07. The van der Waals surface area contributed by atoms with Gasteiger partial charge in [0.05, 0.1) is 11.7 Å². The summed E-state index contributed by atoms with van der Waals surface area (Å²) in [5.74, 6) is 1.89. The van der Waals surface area contributed by atoms with E-state index in [1.54, 1.807) is 0 Å². The van der Waals surface area contributed by atoms with Crippen molar-refractivity contribution in [2.45, 2.75) is 18.1 Å². The number of thiophene rings is 2. The summed E-state index contributed by atoms with van der Waals surface area (Å²) in [6.07, 6.45) is 8.89. The second-order valence-corrected chi connectivity index (χ2v) is 17.1. The molecule has 0 fully saturated rings. The Labute approximate surface area is 338 Å². The molecule has 270 valence electrons. The van der Waals surface area contributed by atoms with Crippen molar-refractivity contribution in [3.8, 4) is 11.1 Å². The average Bonchev–Trinajstić information content (AvgIpc) is 3.96. The summed E-state index contributed by atoms with van der Waals surface area (Å²) >= 11 is 3.74. The molecule has 0 saturated heterocycles. The lowest BCUT2D eigenvalue weighted by Crippen LogP contribution is -2.33. The van der Waals surface area contributed by atoms with Crippen molar-refractivity contribution in [3.05, 3.63) is 204 Å². The first-order valence-electron chi connectivity index (χ1n) is 19.4. The minimum Gasteiger partial charge on any atom is -0.344 e. The monoisotopic (exact) mass is 766 g/mol. The Bertz CT molecular complexity index is 3190. The predicted molar refractivity (Wildman–Crippen MR) is 243 cm³/mol. The Kier molecular flexibility index (Phi) is 7.43. The molecular weight excluding hydrogens is 733 g/mol. The summed E-state index contributed by atoms with van der Waals surface area (Å²) in [7, 11) is 0. The molecule has 2 aliphatic heterocycles. The largest absolute Gasteiger partial charge is 0.344 e. The van der Waals surface area contributed by atoms with Crippen molar-refractivity contribution in [3.63, 3.8) is 0 Å². The van der Waals surface area contributed by atoms with Crippen molar-refractivity contribution in [1.29, 1.82) is 0 Å². The van der Waals surface area contributed by atoms with Crippen LogP contribution in [0.3, 0.4) is 0 Å². The number of hydrogen-bond acceptors (Lipinski definition) is 6. The van der Waals surface area contributed by atoms with Crippen LogP contribution in [-0.4, -0.2) is 17.7 Å². The van der Waals surface area contributed by atoms with E-state index < -0.39 is 0 Å². The van der Waals surface area contributed by atoms with Crippen LogP contribution < -0.4 is 10.2 Å². The standard InChI is InChI=1S/C51H34N4S2/c1-3-13-31(14-4-1)49-52-50(32-15-5-2-6-16-32)54-51(53-49)34-26-28-44-39(30-34)38-29-33(25-27-43(38)56-44)35-19-11-23-45-47(35)48-42(22-12-24-46(48)57-45)55-40-20-9-7-17-36(40)37-18-8-10-21-41(37)55/h1-30,36,40,49H,(H,52,53,54). The summed E-state index contributed by atoms with van der Waals surface area (Å²) in [4.78, 5) is 12.8. The zero-order valence-corrected chi connectivity index (χ0v) is 32.3. The van der Waals surface area contributed by atoms with Crippen molar-refractivity contribution < 1.29 is 0 Å². The van der Waals surface area contributed by atoms with Gasteiger partial charge in [-0.25, -0.2) is 9.98 Å². The molecular formula is C51H34N4S2. The third-order valence-electron chi connectivity index (χ3n) is 11.7. The highest BCUT2D eigenvalue weighted by atomic mass is 32.1. The van der Waals surface area contributed by atoms with Crippen LogP contribution in [-0.2, 0) is 0 Å². The van der Waals surface area contributed by atoms with Crippen molar-refractivity contribution >= 4 is 86.1 Å². The van der Waals surface area contributed by atoms with Gasteiger partial charge in [-0.2, -0.15) is 0 Å². The minimum absolute atomic E-state index is 0.240. The SMILES string of the molecule is C1=CC2c3ccccc3N(c3cccc4sc5cccc(-c6ccc7sc8ccc(C9=NC(c%10ccccc%10)=NC(c%10ccccc%10)N9)cc8c7c6)c5c34)C2C=C1. The van der Waals surface area contributed by atoms with Crippen LogP contribution in [0, 0.1) is 0 Å². The molecule has 1 N–H and O–H groups in total. The smallest absolute Gasteiger partial charge is 0.159 e. The molecule has 0 radical (unpaired) electrons. The van der Waals surface area contributed by atoms with Crippen LogP contribution in [0.4, 0.5) is 11.4 Å². The fraction of sp³-hybridized carbons (Fsp3) is 0.0588. The molecule has 0 bridgehead atoms. The van der Waals surface area contributed by atoms with Gasteiger partial charge in [-0.15, -0.1) is 22.7 Å². The van der Waals surface area contributed by atoms with Gasteiger partial charge in [0, 0.05) is 63.1 Å². The lowest BCUT2D eigenvalue weighted by molar-refractivity contribution is 0.674. The molecule has 3 atom stereocenters. The van der Waals surface area contributed by atoms with Gasteiger partial charge in [0.15, 0.2) is 5.84 Å². The highest BCUT2D eigenvalue weighted by molar-refractivity contribution is 7.26. The molecule has 3 unspecified atom stereocenters. The Hall–Kier alpha value is -6.60. The quantitative estimate of drug-likeness (QED) is 0.189. The predicted octanol–water partition coefficient (Wildman–Crippen LogP) is 13.3. The summed E-state index contributed by atoms with van der Waals surface area (Å²) < 4.78 is 5.15. The van der Waals surface area contributed by atoms with Gasteiger partial charge in [-0.05, 0) is 76.9 Å². The van der Waals surface area contributed by atoms with E-state index >= 15 is 0 Å². The molecule has 0 amide bonds. The Balaban J connectivity index is 1.000. The first-order chi connectivity index (χ1) is 28.2. The normalized spacial score (nSPS) is 18.5. The lowest BCUT2D eigenvalue weighted by atomic mass is 9.91.